The molecular formula is C19H17F5IN3. The van der Waals surface area contributed by atoms with Crippen LogP contribution in [0.25, 0.3) is 5.57 Å². The molecule has 0 fully saturated rings. The molecule has 0 unspecified atom stereocenters. The lowest BCUT2D eigenvalue weighted by molar-refractivity contribution is -0.0132. The van der Waals surface area contributed by atoms with Crippen LogP contribution in [-0.4, -0.2) is 13.4 Å². The number of nitrogens with zero attached hydrogens (tertiary/aromatic N) is 2. The highest BCUT2D eigenvalue weighted by Crippen LogP contribution is 2.33. The van der Waals surface area contributed by atoms with Crippen LogP contribution in [0.2, 0.25) is 0 Å². The van der Waals surface area contributed by atoms with E-state index < -0.39 is 44.1 Å². The van der Waals surface area contributed by atoms with Crippen LogP contribution >= 0.6 is 20.7 Å². The van der Waals surface area contributed by atoms with E-state index in [0.717, 1.165) is 9.21 Å². The van der Waals surface area contributed by atoms with Crippen LogP contribution in [0, 0.1) is 17.5 Å². The first-order valence-corrected chi connectivity index (χ1v) is 10.7. The molecule has 2 heterocycles. The van der Waals surface area contributed by atoms with E-state index in [-0.39, 0.29) is 24.2 Å². The lowest BCUT2D eigenvalue weighted by Crippen LogP contribution is -2.21. The van der Waals surface area contributed by atoms with Gasteiger partial charge in [0.05, 0.1) is 5.69 Å². The van der Waals surface area contributed by atoms with E-state index in [4.69, 9.17) is 0 Å². The lowest BCUT2D eigenvalue weighted by Gasteiger charge is -2.11. The van der Waals surface area contributed by atoms with Gasteiger partial charge in [0.2, 0.25) is 0 Å². The van der Waals surface area contributed by atoms with Gasteiger partial charge >= 0.3 is 0 Å². The summed E-state index contributed by atoms with van der Waals surface area (Å²) in [7, 11) is 1.61. The number of benzene rings is 1. The van der Waals surface area contributed by atoms with Crippen molar-refractivity contribution in [3.63, 3.8) is 0 Å². The van der Waals surface area contributed by atoms with Crippen LogP contribution in [0.15, 0.2) is 34.4 Å². The van der Waals surface area contributed by atoms with Gasteiger partial charge in [0.15, 0.2) is 0 Å². The first-order chi connectivity index (χ1) is 13.2. The number of hydrogen-bond acceptors (Lipinski definition) is 2. The van der Waals surface area contributed by atoms with Gasteiger partial charge in [-0.2, -0.15) is 13.9 Å². The molecule has 3 rings (SSSR count). The Morgan fingerprint density at radius 2 is 1.79 bits per heavy atom. The minimum Gasteiger partial charge on any atom is -0.279 e. The molecule has 0 saturated carbocycles. The third-order valence-corrected chi connectivity index (χ3v) is 6.63. The van der Waals surface area contributed by atoms with Crippen molar-refractivity contribution in [1.29, 1.82) is 0 Å². The fourth-order valence-electron chi connectivity index (χ4n) is 2.60. The largest absolute Gasteiger partial charge is 0.291 e. The first kappa shape index (κ1) is 20.8. The Hall–Kier alpha value is -1.88. The molecule has 2 aromatic rings. The second kappa shape index (κ2) is 8.24. The zero-order valence-electron chi connectivity index (χ0n) is 15.0. The smallest absolute Gasteiger partial charge is 0.279 e. The Kier molecular flexibility index (Phi) is 6.13. The summed E-state index contributed by atoms with van der Waals surface area (Å²) < 4.78 is 72.2. The molecule has 28 heavy (non-hydrogen) atoms. The molecule has 0 atom stereocenters. The van der Waals surface area contributed by atoms with Gasteiger partial charge in [0, 0.05) is 46.9 Å². The molecule has 0 radical (unpaired) electrons. The summed E-state index contributed by atoms with van der Waals surface area (Å²) in [4.78, 5) is 0. The number of rotatable bonds is 6. The third kappa shape index (κ3) is 4.40. The molecule has 3 nitrogen and oxygen atoms in total. The molecule has 9 heteroatoms. The van der Waals surface area contributed by atoms with Gasteiger partial charge in [0.25, 0.3) is 5.92 Å². The maximum atomic E-state index is 13.9. The Balaban J connectivity index is 1.75. The summed E-state index contributed by atoms with van der Waals surface area (Å²) in [5, 5.41) is 6.87. The Bertz CT molecular complexity index is 968. The average molecular weight is 509 g/mol. The molecular weight excluding hydrogens is 492 g/mol. The topological polar surface area (TPSA) is 29.9 Å². The summed E-state index contributed by atoms with van der Waals surface area (Å²) in [5.41, 5.74) is 0.841. The van der Waals surface area contributed by atoms with Gasteiger partial charge in [0.1, 0.15) is 23.1 Å². The SMILES string of the molecule is CCC(F)(F)c1cc(C2=CI=C(NCc3c(F)cc(F)cc3F)C=C2)n(C)n1. The highest BCUT2D eigenvalue weighted by atomic mass is 127. The molecule has 0 spiro atoms. The summed E-state index contributed by atoms with van der Waals surface area (Å²) in [6.07, 6.45) is 3.17. The molecule has 150 valence electrons. The predicted molar refractivity (Wildman–Crippen MR) is 107 cm³/mol. The van der Waals surface area contributed by atoms with Crippen molar-refractivity contribution >= 4 is 29.9 Å². The highest BCUT2D eigenvalue weighted by molar-refractivity contribution is 14.2. The van der Waals surface area contributed by atoms with Crippen LogP contribution in [0.4, 0.5) is 22.0 Å². The van der Waals surface area contributed by atoms with Crippen LogP contribution < -0.4 is 5.32 Å². The van der Waals surface area contributed by atoms with Gasteiger partial charge in [-0.25, -0.2) is 13.2 Å². The van der Waals surface area contributed by atoms with Crippen molar-refractivity contribution in [2.45, 2.75) is 25.8 Å². The quantitative estimate of drug-likeness (QED) is 0.432. The molecule has 0 aliphatic carbocycles. The van der Waals surface area contributed by atoms with E-state index in [2.05, 4.69) is 10.4 Å². The number of nitrogens with one attached hydrogen (secondary N) is 1. The van der Waals surface area contributed by atoms with Gasteiger partial charge in [-0.15, -0.1) is 0 Å². The van der Waals surface area contributed by atoms with E-state index in [0.29, 0.717) is 17.8 Å². The van der Waals surface area contributed by atoms with Crippen molar-refractivity contribution in [3.05, 3.63) is 68.8 Å². The van der Waals surface area contributed by atoms with Crippen LogP contribution in [0.3, 0.4) is 0 Å². The lowest BCUT2D eigenvalue weighted by atomic mass is 10.1. The molecule has 1 N–H and O–H groups in total. The number of hydrogen-bond donors (Lipinski definition) is 1. The number of halogens is 6. The molecule has 1 aliphatic rings. The van der Waals surface area contributed by atoms with Crippen molar-refractivity contribution in [1.82, 2.24) is 15.1 Å². The molecule has 1 aliphatic heterocycles. The summed E-state index contributed by atoms with van der Waals surface area (Å²) in [6, 6.07) is 2.66. The standard InChI is InChI=1S/C19H17F5IN3/c1-3-19(23,24)17-8-16(28(2)27-17)11-4-5-18(25-9-11)26-10-13-14(21)6-12(20)7-15(13)22/h4-9,26H,3,10H2,1-2H3. The summed E-state index contributed by atoms with van der Waals surface area (Å²) >= 11 is -0.669. The second-order valence-corrected chi connectivity index (χ2v) is 8.56. The van der Waals surface area contributed by atoms with Crippen molar-refractivity contribution in [2.24, 2.45) is 7.05 Å². The predicted octanol–water partition coefficient (Wildman–Crippen LogP) is 5.14. The maximum absolute atomic E-state index is 13.9. The number of aromatic nitrogens is 2. The fraction of sp³-hybridized carbons (Fsp3) is 0.263. The Labute approximate surface area is 168 Å². The van der Waals surface area contributed by atoms with Gasteiger partial charge < -0.3 is 0 Å². The van der Waals surface area contributed by atoms with Crippen molar-refractivity contribution in [3.8, 4) is 0 Å². The van der Waals surface area contributed by atoms with Crippen LogP contribution in [-0.2, 0) is 19.5 Å². The fourth-order valence-corrected chi connectivity index (χ4v) is 4.60. The average Bonchev–Trinajstić information content (AvgIpc) is 3.04. The van der Waals surface area contributed by atoms with Gasteiger partial charge in [-0.3, -0.25) is 10.00 Å². The van der Waals surface area contributed by atoms with E-state index in [1.807, 2.05) is 4.08 Å². The Morgan fingerprint density at radius 1 is 1.11 bits per heavy atom. The molecule has 0 amide bonds. The Morgan fingerprint density at radius 3 is 2.36 bits per heavy atom. The van der Waals surface area contributed by atoms with Crippen molar-refractivity contribution in [2.75, 3.05) is 0 Å². The maximum Gasteiger partial charge on any atom is 0.291 e. The summed E-state index contributed by atoms with van der Waals surface area (Å²) in [6.45, 7) is 1.29. The second-order valence-electron chi connectivity index (χ2n) is 6.15. The number of aryl methyl sites for hydroxylation is 1. The minimum absolute atomic E-state index is 0.112. The van der Waals surface area contributed by atoms with Crippen LogP contribution in [0.5, 0.6) is 0 Å². The normalized spacial score (nSPS) is 14.5. The van der Waals surface area contributed by atoms with E-state index in [1.54, 1.807) is 19.2 Å². The molecule has 1 aromatic heterocycles. The first-order valence-electron chi connectivity index (χ1n) is 8.40. The van der Waals surface area contributed by atoms with E-state index in [9.17, 15) is 22.0 Å². The molecule has 0 saturated heterocycles. The van der Waals surface area contributed by atoms with Crippen LogP contribution in [0.1, 0.15) is 30.3 Å². The number of allylic oxidation sites excluding steroid dienone is 2. The molecule has 1 aromatic carbocycles. The van der Waals surface area contributed by atoms with E-state index >= 15 is 0 Å². The zero-order valence-corrected chi connectivity index (χ0v) is 17.2. The molecule has 0 bridgehead atoms. The third-order valence-electron chi connectivity index (χ3n) is 4.23. The van der Waals surface area contributed by atoms with Gasteiger partial charge in [-0.05, 0) is 16.2 Å². The number of alkyl halides is 2. The highest BCUT2D eigenvalue weighted by Gasteiger charge is 2.33. The monoisotopic (exact) mass is 509 g/mol. The van der Waals surface area contributed by atoms with Crippen molar-refractivity contribution < 1.29 is 22.0 Å². The van der Waals surface area contributed by atoms with E-state index in [1.165, 1.54) is 17.7 Å². The van der Waals surface area contributed by atoms with Gasteiger partial charge in [-0.1, -0.05) is 33.7 Å². The minimum atomic E-state index is -2.98. The summed E-state index contributed by atoms with van der Waals surface area (Å²) in [5.74, 6) is -5.84. The zero-order chi connectivity index (χ0) is 20.5.